The van der Waals surface area contributed by atoms with Crippen molar-refractivity contribution in [2.45, 2.75) is 18.6 Å². The number of nitrogens with zero attached hydrogens (tertiary/aromatic N) is 3. The van der Waals surface area contributed by atoms with Crippen molar-refractivity contribution in [1.82, 2.24) is 14.8 Å². The van der Waals surface area contributed by atoms with E-state index >= 15 is 0 Å². The van der Waals surface area contributed by atoms with Gasteiger partial charge in [-0.2, -0.15) is 23.3 Å². The fourth-order valence-electron chi connectivity index (χ4n) is 2.21. The SMILES string of the molecule is O=C(C[C@H]1C(=O)Nc2ncnn21)Nc1cccc(C(F)(F)F)c1. The van der Waals surface area contributed by atoms with Gasteiger partial charge in [0.15, 0.2) is 0 Å². The predicted molar refractivity (Wildman–Crippen MR) is 72.4 cm³/mol. The van der Waals surface area contributed by atoms with Crippen LogP contribution in [0.15, 0.2) is 30.6 Å². The molecule has 1 aromatic carbocycles. The maximum atomic E-state index is 12.6. The van der Waals surface area contributed by atoms with E-state index in [0.29, 0.717) is 0 Å². The standard InChI is InChI=1S/C13H10F3N5O2/c14-13(15,16)7-2-1-3-8(4-7)19-10(22)5-9-11(23)20-12-17-6-18-21(9)12/h1-4,6,9H,5H2,(H,19,22)(H,17,18,20,23)/t9-/m0/s1. The van der Waals surface area contributed by atoms with E-state index in [0.717, 1.165) is 12.1 Å². The fourth-order valence-corrected chi connectivity index (χ4v) is 2.21. The first-order valence-electron chi connectivity index (χ1n) is 6.52. The zero-order valence-corrected chi connectivity index (χ0v) is 11.5. The molecule has 0 spiro atoms. The number of benzene rings is 1. The summed E-state index contributed by atoms with van der Waals surface area (Å²) in [5, 5.41) is 8.62. The molecule has 1 aliphatic heterocycles. The Labute approximate surface area is 127 Å². The molecule has 120 valence electrons. The number of amides is 2. The lowest BCUT2D eigenvalue weighted by Crippen LogP contribution is -2.23. The zero-order chi connectivity index (χ0) is 16.6. The van der Waals surface area contributed by atoms with Gasteiger partial charge in [-0.05, 0) is 18.2 Å². The highest BCUT2D eigenvalue weighted by Crippen LogP contribution is 2.31. The summed E-state index contributed by atoms with van der Waals surface area (Å²) in [6.07, 6.45) is -3.54. The number of hydrogen-bond donors (Lipinski definition) is 2. The molecule has 0 aliphatic carbocycles. The van der Waals surface area contributed by atoms with Crippen LogP contribution < -0.4 is 10.6 Å². The van der Waals surface area contributed by atoms with Crippen LogP contribution in [0.2, 0.25) is 0 Å². The second kappa shape index (κ2) is 5.38. The number of carbonyl (C=O) groups is 2. The van der Waals surface area contributed by atoms with Gasteiger partial charge in [0, 0.05) is 5.69 Å². The number of carbonyl (C=O) groups excluding carboxylic acids is 2. The molecule has 2 N–H and O–H groups in total. The quantitative estimate of drug-likeness (QED) is 0.901. The minimum absolute atomic E-state index is 0.00189. The molecule has 0 bridgehead atoms. The van der Waals surface area contributed by atoms with Crippen LogP contribution in [0, 0.1) is 0 Å². The molecular formula is C13H10F3N5O2. The fraction of sp³-hybridized carbons (Fsp3) is 0.231. The van der Waals surface area contributed by atoms with Crippen LogP contribution in [0.25, 0.3) is 0 Å². The van der Waals surface area contributed by atoms with Crippen molar-refractivity contribution in [2.75, 3.05) is 10.6 Å². The molecule has 10 heteroatoms. The van der Waals surface area contributed by atoms with Crippen LogP contribution in [-0.2, 0) is 15.8 Å². The molecule has 2 heterocycles. The molecule has 0 saturated heterocycles. The summed E-state index contributed by atoms with van der Waals surface area (Å²) in [5.41, 5.74) is -0.866. The van der Waals surface area contributed by atoms with Crippen molar-refractivity contribution in [2.24, 2.45) is 0 Å². The van der Waals surface area contributed by atoms with Crippen LogP contribution in [0.1, 0.15) is 18.0 Å². The van der Waals surface area contributed by atoms with Crippen molar-refractivity contribution < 1.29 is 22.8 Å². The van der Waals surface area contributed by atoms with Crippen LogP contribution in [0.3, 0.4) is 0 Å². The molecule has 0 unspecified atom stereocenters. The Hall–Kier alpha value is -2.91. The van der Waals surface area contributed by atoms with E-state index in [4.69, 9.17) is 0 Å². The van der Waals surface area contributed by atoms with E-state index in [2.05, 4.69) is 20.7 Å². The normalized spacial score (nSPS) is 16.8. The lowest BCUT2D eigenvalue weighted by atomic mass is 10.1. The average Bonchev–Trinajstić information content (AvgIpc) is 3.01. The predicted octanol–water partition coefficient (Wildman–Crippen LogP) is 1.82. The maximum Gasteiger partial charge on any atom is 0.416 e. The van der Waals surface area contributed by atoms with Crippen LogP contribution in [0.4, 0.5) is 24.8 Å². The Bertz CT molecular complexity index is 771. The molecule has 0 fully saturated rings. The van der Waals surface area contributed by atoms with Gasteiger partial charge < -0.3 is 5.32 Å². The smallest absolute Gasteiger partial charge is 0.326 e. The molecule has 1 atom stereocenters. The third kappa shape index (κ3) is 3.00. The van der Waals surface area contributed by atoms with Gasteiger partial charge in [0.25, 0.3) is 5.91 Å². The Morgan fingerprint density at radius 3 is 2.91 bits per heavy atom. The topological polar surface area (TPSA) is 88.9 Å². The second-order valence-corrected chi connectivity index (χ2v) is 4.86. The molecule has 0 saturated carbocycles. The van der Waals surface area contributed by atoms with Crippen molar-refractivity contribution in [3.8, 4) is 0 Å². The van der Waals surface area contributed by atoms with Crippen molar-refractivity contribution in [1.29, 1.82) is 0 Å². The summed E-state index contributed by atoms with van der Waals surface area (Å²) in [6.45, 7) is 0. The van der Waals surface area contributed by atoms with E-state index in [1.54, 1.807) is 0 Å². The molecular weight excluding hydrogens is 315 g/mol. The molecule has 1 aromatic heterocycles. The Kier molecular flexibility index (Phi) is 3.51. The number of rotatable bonds is 3. The molecule has 23 heavy (non-hydrogen) atoms. The van der Waals surface area contributed by atoms with Gasteiger partial charge in [-0.1, -0.05) is 6.07 Å². The lowest BCUT2D eigenvalue weighted by molar-refractivity contribution is -0.137. The summed E-state index contributed by atoms with van der Waals surface area (Å²) in [4.78, 5) is 27.5. The molecule has 1 aliphatic rings. The number of nitrogens with one attached hydrogen (secondary N) is 2. The molecule has 2 aromatic rings. The summed E-state index contributed by atoms with van der Waals surface area (Å²) in [6, 6.07) is 3.38. The van der Waals surface area contributed by atoms with Gasteiger partial charge in [0.2, 0.25) is 11.9 Å². The highest BCUT2D eigenvalue weighted by Gasteiger charge is 2.34. The first-order valence-corrected chi connectivity index (χ1v) is 6.52. The monoisotopic (exact) mass is 325 g/mol. The van der Waals surface area contributed by atoms with Crippen molar-refractivity contribution in [3.05, 3.63) is 36.2 Å². The Balaban J connectivity index is 1.70. The van der Waals surface area contributed by atoms with Crippen molar-refractivity contribution in [3.63, 3.8) is 0 Å². The number of hydrogen-bond acceptors (Lipinski definition) is 4. The summed E-state index contributed by atoms with van der Waals surface area (Å²) < 4.78 is 39.1. The van der Waals surface area contributed by atoms with E-state index < -0.39 is 29.6 Å². The van der Waals surface area contributed by atoms with E-state index in [1.807, 2.05) is 0 Å². The number of aromatic nitrogens is 3. The highest BCUT2D eigenvalue weighted by atomic mass is 19.4. The number of alkyl halides is 3. The number of fused-ring (bicyclic) bond motifs is 1. The van der Waals surface area contributed by atoms with Gasteiger partial charge in [0.1, 0.15) is 12.4 Å². The molecule has 0 radical (unpaired) electrons. The van der Waals surface area contributed by atoms with Crippen LogP contribution in [-0.4, -0.2) is 26.6 Å². The maximum absolute atomic E-state index is 12.6. The summed E-state index contributed by atoms with van der Waals surface area (Å²) in [5.74, 6) is -0.820. The number of anilines is 2. The highest BCUT2D eigenvalue weighted by molar-refractivity contribution is 6.00. The third-order valence-corrected chi connectivity index (χ3v) is 3.26. The third-order valence-electron chi connectivity index (χ3n) is 3.26. The van der Waals surface area contributed by atoms with E-state index in [1.165, 1.54) is 23.1 Å². The van der Waals surface area contributed by atoms with Crippen molar-refractivity contribution >= 4 is 23.5 Å². The van der Waals surface area contributed by atoms with Crippen LogP contribution >= 0.6 is 0 Å². The summed E-state index contributed by atoms with van der Waals surface area (Å²) in [7, 11) is 0. The minimum atomic E-state index is -4.50. The van der Waals surface area contributed by atoms with Gasteiger partial charge in [-0.25, -0.2) is 4.68 Å². The largest absolute Gasteiger partial charge is 0.416 e. The molecule has 3 rings (SSSR count). The van der Waals surface area contributed by atoms with Crippen LogP contribution in [0.5, 0.6) is 0 Å². The van der Waals surface area contributed by atoms with Gasteiger partial charge in [-0.3, -0.25) is 14.9 Å². The number of halogens is 3. The summed E-state index contributed by atoms with van der Waals surface area (Å²) >= 11 is 0. The van der Waals surface area contributed by atoms with Gasteiger partial charge >= 0.3 is 6.18 Å². The Morgan fingerprint density at radius 1 is 1.39 bits per heavy atom. The molecule has 2 amide bonds. The van der Waals surface area contributed by atoms with E-state index in [-0.39, 0.29) is 18.1 Å². The van der Waals surface area contributed by atoms with Gasteiger partial charge in [-0.15, -0.1) is 0 Å². The first-order chi connectivity index (χ1) is 10.8. The zero-order valence-electron chi connectivity index (χ0n) is 11.5. The second-order valence-electron chi connectivity index (χ2n) is 4.86. The average molecular weight is 325 g/mol. The van der Waals surface area contributed by atoms with Gasteiger partial charge in [0.05, 0.1) is 12.0 Å². The van der Waals surface area contributed by atoms with E-state index in [9.17, 15) is 22.8 Å². The molecule has 7 nitrogen and oxygen atoms in total. The first kappa shape index (κ1) is 15.0. The Morgan fingerprint density at radius 2 is 2.17 bits per heavy atom. The minimum Gasteiger partial charge on any atom is -0.326 e. The lowest BCUT2D eigenvalue weighted by Gasteiger charge is -2.11.